The molecule has 0 aromatic carbocycles. The number of aliphatic hydroxyl groups is 1. The Labute approximate surface area is 115 Å². The van der Waals surface area contributed by atoms with E-state index in [4.69, 9.17) is 0 Å². The summed E-state index contributed by atoms with van der Waals surface area (Å²) < 4.78 is 1.96. The van der Waals surface area contributed by atoms with Gasteiger partial charge in [-0.1, -0.05) is 0 Å². The van der Waals surface area contributed by atoms with Crippen LogP contribution >= 0.6 is 0 Å². The van der Waals surface area contributed by atoms with Crippen LogP contribution in [0.1, 0.15) is 43.5 Å². The third kappa shape index (κ3) is 1.70. The van der Waals surface area contributed by atoms with Gasteiger partial charge in [0.05, 0.1) is 11.3 Å². The minimum atomic E-state index is -0.451. The molecule has 0 radical (unpaired) electrons. The molecule has 1 aromatic heterocycles. The Bertz CT molecular complexity index is 477. The summed E-state index contributed by atoms with van der Waals surface area (Å²) >= 11 is 0. The molecule has 0 atom stereocenters. The molecule has 1 N–H and O–H groups in total. The van der Waals surface area contributed by atoms with Crippen molar-refractivity contribution in [1.29, 1.82) is 0 Å². The van der Waals surface area contributed by atoms with Crippen molar-refractivity contribution in [3.05, 3.63) is 17.5 Å². The lowest BCUT2D eigenvalue weighted by Crippen LogP contribution is -2.58. The van der Waals surface area contributed by atoms with Gasteiger partial charge in [0.15, 0.2) is 0 Å². The quantitative estimate of drug-likeness (QED) is 0.887. The molecule has 4 saturated carbocycles. The average molecular weight is 260 g/mol. The van der Waals surface area contributed by atoms with E-state index < -0.39 is 5.60 Å². The van der Waals surface area contributed by atoms with E-state index in [9.17, 15) is 5.11 Å². The molecular formula is C16H24N2O. The second kappa shape index (κ2) is 3.85. The maximum Gasteiger partial charge on any atom is 0.0759 e. The van der Waals surface area contributed by atoms with Crippen LogP contribution in [-0.2, 0) is 13.5 Å². The summed E-state index contributed by atoms with van der Waals surface area (Å²) in [4.78, 5) is 0. The van der Waals surface area contributed by atoms with E-state index in [1.54, 1.807) is 0 Å². The molecule has 3 nitrogen and oxygen atoms in total. The highest BCUT2D eigenvalue weighted by Crippen LogP contribution is 2.59. The summed E-state index contributed by atoms with van der Waals surface area (Å²) in [5, 5.41) is 15.8. The van der Waals surface area contributed by atoms with E-state index in [1.807, 2.05) is 18.7 Å². The molecule has 1 aromatic rings. The molecule has 4 aliphatic rings. The van der Waals surface area contributed by atoms with Gasteiger partial charge in [-0.3, -0.25) is 4.68 Å². The molecule has 104 valence electrons. The highest BCUT2D eigenvalue weighted by Gasteiger charge is 2.56. The SMILES string of the molecule is Cc1cc(CC2(O)C3CC4CC(C3)CC2C4)n(C)n1. The maximum absolute atomic E-state index is 11.3. The van der Waals surface area contributed by atoms with Crippen molar-refractivity contribution in [2.24, 2.45) is 30.7 Å². The van der Waals surface area contributed by atoms with Gasteiger partial charge in [-0.15, -0.1) is 0 Å². The third-order valence-corrected chi connectivity index (χ3v) is 6.12. The lowest BCUT2D eigenvalue weighted by Gasteiger charge is -2.59. The molecule has 0 saturated heterocycles. The topological polar surface area (TPSA) is 38.0 Å². The number of hydrogen-bond acceptors (Lipinski definition) is 2. The Morgan fingerprint density at radius 2 is 1.79 bits per heavy atom. The van der Waals surface area contributed by atoms with Crippen LogP contribution in [0.3, 0.4) is 0 Å². The first-order valence-electron chi connectivity index (χ1n) is 7.76. The van der Waals surface area contributed by atoms with Crippen LogP contribution in [0.15, 0.2) is 6.07 Å². The number of aryl methyl sites for hydroxylation is 2. The molecular weight excluding hydrogens is 236 g/mol. The fraction of sp³-hybridized carbons (Fsp3) is 0.812. The second-order valence-corrected chi connectivity index (χ2v) is 7.37. The largest absolute Gasteiger partial charge is 0.389 e. The Kier molecular flexibility index (Phi) is 2.42. The molecule has 4 aliphatic carbocycles. The van der Waals surface area contributed by atoms with E-state index in [0.717, 1.165) is 24.0 Å². The minimum absolute atomic E-state index is 0.451. The summed E-state index contributed by atoms with van der Waals surface area (Å²) in [6.07, 6.45) is 7.30. The molecule has 0 spiro atoms. The normalized spacial score (nSPS) is 43.9. The lowest BCUT2D eigenvalue weighted by atomic mass is 9.49. The van der Waals surface area contributed by atoms with Crippen molar-refractivity contribution in [1.82, 2.24) is 9.78 Å². The summed E-state index contributed by atoms with van der Waals surface area (Å²) in [6, 6.07) is 2.14. The Balaban J connectivity index is 1.64. The van der Waals surface area contributed by atoms with Gasteiger partial charge < -0.3 is 5.11 Å². The monoisotopic (exact) mass is 260 g/mol. The highest BCUT2D eigenvalue weighted by atomic mass is 16.3. The molecule has 0 amide bonds. The van der Waals surface area contributed by atoms with Gasteiger partial charge in [0, 0.05) is 19.2 Å². The number of nitrogens with zero attached hydrogens (tertiary/aromatic N) is 2. The summed E-state index contributed by atoms with van der Waals surface area (Å²) in [5.74, 6) is 2.91. The molecule has 19 heavy (non-hydrogen) atoms. The first-order chi connectivity index (χ1) is 9.04. The first kappa shape index (κ1) is 12.0. The van der Waals surface area contributed by atoms with Crippen molar-refractivity contribution in [2.75, 3.05) is 0 Å². The van der Waals surface area contributed by atoms with Crippen LogP contribution in [0.5, 0.6) is 0 Å². The van der Waals surface area contributed by atoms with Crippen molar-refractivity contribution >= 4 is 0 Å². The Morgan fingerprint density at radius 1 is 1.21 bits per heavy atom. The predicted molar refractivity (Wildman–Crippen MR) is 73.6 cm³/mol. The Morgan fingerprint density at radius 3 is 2.26 bits per heavy atom. The zero-order valence-electron chi connectivity index (χ0n) is 12.0. The molecule has 0 aliphatic heterocycles. The maximum atomic E-state index is 11.3. The van der Waals surface area contributed by atoms with Crippen molar-refractivity contribution in [3.8, 4) is 0 Å². The summed E-state index contributed by atoms with van der Waals surface area (Å²) in [6.45, 7) is 2.03. The molecule has 4 bridgehead atoms. The van der Waals surface area contributed by atoms with Crippen LogP contribution in [-0.4, -0.2) is 20.5 Å². The van der Waals surface area contributed by atoms with Gasteiger partial charge in [-0.05, 0) is 68.8 Å². The van der Waals surface area contributed by atoms with E-state index >= 15 is 0 Å². The zero-order valence-corrected chi connectivity index (χ0v) is 12.0. The van der Waals surface area contributed by atoms with E-state index in [0.29, 0.717) is 11.8 Å². The fourth-order valence-electron chi connectivity index (χ4n) is 5.41. The van der Waals surface area contributed by atoms with Crippen molar-refractivity contribution < 1.29 is 5.11 Å². The van der Waals surface area contributed by atoms with Gasteiger partial charge >= 0.3 is 0 Å². The van der Waals surface area contributed by atoms with Crippen LogP contribution in [0, 0.1) is 30.6 Å². The van der Waals surface area contributed by atoms with Crippen molar-refractivity contribution in [2.45, 2.75) is 51.0 Å². The summed E-state index contributed by atoms with van der Waals surface area (Å²) in [5.41, 5.74) is 1.81. The molecule has 1 heterocycles. The average Bonchev–Trinajstić information content (AvgIpc) is 2.64. The lowest BCUT2D eigenvalue weighted by molar-refractivity contribution is -0.172. The third-order valence-electron chi connectivity index (χ3n) is 6.12. The van der Waals surface area contributed by atoms with Crippen LogP contribution in [0.4, 0.5) is 0 Å². The molecule has 0 unspecified atom stereocenters. The van der Waals surface area contributed by atoms with Gasteiger partial charge in [0.2, 0.25) is 0 Å². The molecule has 4 fully saturated rings. The van der Waals surface area contributed by atoms with E-state index in [1.165, 1.54) is 37.8 Å². The molecule has 3 heteroatoms. The van der Waals surface area contributed by atoms with Gasteiger partial charge in [-0.2, -0.15) is 5.10 Å². The summed E-state index contributed by atoms with van der Waals surface area (Å²) in [7, 11) is 2.00. The highest BCUT2D eigenvalue weighted by molar-refractivity contribution is 5.16. The second-order valence-electron chi connectivity index (χ2n) is 7.37. The first-order valence-corrected chi connectivity index (χ1v) is 7.76. The fourth-order valence-corrected chi connectivity index (χ4v) is 5.41. The number of aromatic nitrogens is 2. The number of hydrogen-bond donors (Lipinski definition) is 1. The standard InChI is InChI=1S/C16H24N2O/c1-10-3-15(18(2)17-10)9-16(19)13-5-11-4-12(7-13)8-14(16)6-11/h3,11-14,19H,4-9H2,1-2H3. The predicted octanol–water partition coefficient (Wildman–Crippen LogP) is 2.46. The van der Waals surface area contributed by atoms with E-state index in [2.05, 4.69) is 11.2 Å². The smallest absolute Gasteiger partial charge is 0.0759 e. The Hall–Kier alpha value is -0.830. The van der Waals surface area contributed by atoms with Crippen LogP contribution < -0.4 is 0 Å². The molecule has 5 rings (SSSR count). The minimum Gasteiger partial charge on any atom is -0.389 e. The van der Waals surface area contributed by atoms with Crippen LogP contribution in [0.2, 0.25) is 0 Å². The van der Waals surface area contributed by atoms with Gasteiger partial charge in [-0.25, -0.2) is 0 Å². The van der Waals surface area contributed by atoms with Crippen LogP contribution in [0.25, 0.3) is 0 Å². The van der Waals surface area contributed by atoms with Gasteiger partial charge in [0.1, 0.15) is 0 Å². The van der Waals surface area contributed by atoms with Gasteiger partial charge in [0.25, 0.3) is 0 Å². The van der Waals surface area contributed by atoms with E-state index in [-0.39, 0.29) is 0 Å². The zero-order chi connectivity index (χ0) is 13.2. The van der Waals surface area contributed by atoms with Crippen molar-refractivity contribution in [3.63, 3.8) is 0 Å². The number of rotatable bonds is 2.